The number of aryl methyl sites for hydroxylation is 2. The van der Waals surface area contributed by atoms with Gasteiger partial charge in [-0.15, -0.1) is 0 Å². The summed E-state index contributed by atoms with van der Waals surface area (Å²) in [6.07, 6.45) is 0.915. The van der Waals surface area contributed by atoms with Gasteiger partial charge in [-0.25, -0.2) is 0 Å². The Bertz CT molecular complexity index is 638. The molecule has 2 rings (SSSR count). The number of amides is 1. The topological polar surface area (TPSA) is 64.3 Å². The van der Waals surface area contributed by atoms with Gasteiger partial charge in [0.15, 0.2) is 6.61 Å². The Morgan fingerprint density at radius 3 is 2.71 bits per heavy atom. The lowest BCUT2D eigenvalue weighted by atomic mass is 10.1. The third kappa shape index (κ3) is 4.24. The minimum Gasteiger partial charge on any atom is -0.482 e. The number of nitrogen functional groups attached to an aromatic ring is 1. The fraction of sp³-hybridized carbons (Fsp3) is 0.235. The van der Waals surface area contributed by atoms with Gasteiger partial charge in [0.25, 0.3) is 5.91 Å². The standard InChI is InChI=1S/C17H20N2O2/c1-3-13-7-8-16(15(18)10-13)21-11-17(20)19-14-6-4-5-12(2)9-14/h4-10H,3,11,18H2,1-2H3,(H,19,20). The first-order valence-electron chi connectivity index (χ1n) is 6.96. The van der Waals surface area contributed by atoms with Crippen molar-refractivity contribution in [2.45, 2.75) is 20.3 Å². The number of benzene rings is 2. The molecule has 0 fully saturated rings. The number of hydrogen-bond donors (Lipinski definition) is 2. The number of carbonyl (C=O) groups is 1. The first-order chi connectivity index (χ1) is 10.1. The maximum atomic E-state index is 11.9. The number of carbonyl (C=O) groups excluding carboxylic acids is 1. The second-order valence-corrected chi connectivity index (χ2v) is 4.93. The normalized spacial score (nSPS) is 10.2. The van der Waals surface area contributed by atoms with Crippen LogP contribution in [0.25, 0.3) is 0 Å². The lowest BCUT2D eigenvalue weighted by Crippen LogP contribution is -2.20. The van der Waals surface area contributed by atoms with E-state index in [1.165, 1.54) is 0 Å². The summed E-state index contributed by atoms with van der Waals surface area (Å²) in [7, 11) is 0. The number of rotatable bonds is 5. The van der Waals surface area contributed by atoms with Crippen molar-refractivity contribution in [3.8, 4) is 5.75 Å². The molecule has 0 aliphatic carbocycles. The van der Waals surface area contributed by atoms with E-state index in [-0.39, 0.29) is 12.5 Å². The van der Waals surface area contributed by atoms with Gasteiger partial charge in [0, 0.05) is 5.69 Å². The van der Waals surface area contributed by atoms with Gasteiger partial charge < -0.3 is 15.8 Å². The van der Waals surface area contributed by atoms with Crippen molar-refractivity contribution < 1.29 is 9.53 Å². The monoisotopic (exact) mass is 284 g/mol. The van der Waals surface area contributed by atoms with E-state index in [2.05, 4.69) is 12.2 Å². The van der Waals surface area contributed by atoms with Crippen LogP contribution in [0.2, 0.25) is 0 Å². The molecule has 0 aliphatic heterocycles. The van der Waals surface area contributed by atoms with Crippen LogP contribution in [0.15, 0.2) is 42.5 Å². The summed E-state index contributed by atoms with van der Waals surface area (Å²) >= 11 is 0. The minimum atomic E-state index is -0.209. The highest BCUT2D eigenvalue weighted by Crippen LogP contribution is 2.22. The number of ether oxygens (including phenoxy) is 1. The predicted octanol–water partition coefficient (Wildman–Crippen LogP) is 3.16. The third-order valence-corrected chi connectivity index (χ3v) is 3.14. The molecule has 0 saturated heterocycles. The molecular formula is C17H20N2O2. The molecule has 0 heterocycles. The summed E-state index contributed by atoms with van der Waals surface area (Å²) < 4.78 is 5.46. The van der Waals surface area contributed by atoms with Crippen LogP contribution in [0.4, 0.5) is 11.4 Å². The molecule has 0 atom stereocenters. The third-order valence-electron chi connectivity index (χ3n) is 3.14. The number of hydrogen-bond acceptors (Lipinski definition) is 3. The zero-order chi connectivity index (χ0) is 15.2. The molecular weight excluding hydrogens is 264 g/mol. The van der Waals surface area contributed by atoms with Gasteiger partial charge in [-0.2, -0.15) is 0 Å². The summed E-state index contributed by atoms with van der Waals surface area (Å²) in [5, 5.41) is 2.79. The molecule has 1 amide bonds. The number of anilines is 2. The van der Waals surface area contributed by atoms with Crippen LogP contribution < -0.4 is 15.8 Å². The van der Waals surface area contributed by atoms with E-state index in [1.807, 2.05) is 43.3 Å². The fourth-order valence-corrected chi connectivity index (χ4v) is 2.01. The molecule has 0 aromatic heterocycles. The Morgan fingerprint density at radius 1 is 1.24 bits per heavy atom. The van der Waals surface area contributed by atoms with Crippen molar-refractivity contribution in [1.82, 2.24) is 0 Å². The average Bonchev–Trinajstić information content (AvgIpc) is 2.46. The lowest BCUT2D eigenvalue weighted by Gasteiger charge is -2.10. The summed E-state index contributed by atoms with van der Waals surface area (Å²) in [5.74, 6) is 0.325. The van der Waals surface area contributed by atoms with E-state index >= 15 is 0 Å². The van der Waals surface area contributed by atoms with Gasteiger partial charge >= 0.3 is 0 Å². The SMILES string of the molecule is CCc1ccc(OCC(=O)Nc2cccc(C)c2)c(N)c1. The molecule has 0 radical (unpaired) electrons. The maximum absolute atomic E-state index is 11.9. The van der Waals surface area contributed by atoms with E-state index < -0.39 is 0 Å². The summed E-state index contributed by atoms with van der Waals surface area (Å²) in [6.45, 7) is 3.97. The molecule has 0 aliphatic rings. The van der Waals surface area contributed by atoms with E-state index in [0.717, 1.165) is 23.2 Å². The zero-order valence-corrected chi connectivity index (χ0v) is 12.3. The van der Waals surface area contributed by atoms with E-state index in [4.69, 9.17) is 10.5 Å². The summed E-state index contributed by atoms with van der Waals surface area (Å²) in [6, 6.07) is 13.2. The van der Waals surface area contributed by atoms with Gasteiger partial charge in [0.05, 0.1) is 5.69 Å². The minimum absolute atomic E-state index is 0.0659. The van der Waals surface area contributed by atoms with E-state index in [1.54, 1.807) is 6.07 Å². The van der Waals surface area contributed by atoms with Crippen molar-refractivity contribution in [3.63, 3.8) is 0 Å². The highest BCUT2D eigenvalue weighted by atomic mass is 16.5. The van der Waals surface area contributed by atoms with Crippen molar-refractivity contribution in [2.75, 3.05) is 17.7 Å². The predicted molar refractivity (Wildman–Crippen MR) is 85.5 cm³/mol. The number of nitrogens with two attached hydrogens (primary N) is 1. The van der Waals surface area contributed by atoms with Crippen LogP contribution >= 0.6 is 0 Å². The molecule has 2 aromatic carbocycles. The molecule has 0 spiro atoms. The van der Waals surface area contributed by atoms with Crippen LogP contribution in [-0.2, 0) is 11.2 Å². The van der Waals surface area contributed by atoms with Crippen LogP contribution in [0, 0.1) is 6.92 Å². The highest BCUT2D eigenvalue weighted by molar-refractivity contribution is 5.92. The molecule has 4 nitrogen and oxygen atoms in total. The molecule has 21 heavy (non-hydrogen) atoms. The second-order valence-electron chi connectivity index (χ2n) is 4.93. The van der Waals surface area contributed by atoms with E-state index in [0.29, 0.717) is 11.4 Å². The molecule has 3 N–H and O–H groups in total. The van der Waals surface area contributed by atoms with Gasteiger partial charge in [-0.3, -0.25) is 4.79 Å². The smallest absolute Gasteiger partial charge is 0.262 e. The van der Waals surface area contributed by atoms with Crippen LogP contribution in [0.5, 0.6) is 5.75 Å². The van der Waals surface area contributed by atoms with Crippen LogP contribution in [0.1, 0.15) is 18.1 Å². The Morgan fingerprint density at radius 2 is 2.05 bits per heavy atom. The zero-order valence-electron chi connectivity index (χ0n) is 12.3. The molecule has 0 unspecified atom stereocenters. The molecule has 2 aromatic rings. The molecule has 0 saturated carbocycles. The van der Waals surface area contributed by atoms with Crippen molar-refractivity contribution >= 4 is 17.3 Å². The number of nitrogens with one attached hydrogen (secondary N) is 1. The molecule has 0 bridgehead atoms. The maximum Gasteiger partial charge on any atom is 0.262 e. The van der Waals surface area contributed by atoms with Gasteiger partial charge in [-0.1, -0.05) is 25.1 Å². The van der Waals surface area contributed by atoms with Crippen molar-refractivity contribution in [1.29, 1.82) is 0 Å². The summed E-state index contributed by atoms with van der Waals surface area (Å²) in [5.41, 5.74) is 9.45. The van der Waals surface area contributed by atoms with Gasteiger partial charge in [0.1, 0.15) is 5.75 Å². The first kappa shape index (κ1) is 14.9. The quantitative estimate of drug-likeness (QED) is 0.829. The van der Waals surface area contributed by atoms with Crippen LogP contribution in [0.3, 0.4) is 0 Å². The second kappa shape index (κ2) is 6.79. The average molecular weight is 284 g/mol. The fourth-order valence-electron chi connectivity index (χ4n) is 2.01. The Hall–Kier alpha value is -2.49. The summed E-state index contributed by atoms with van der Waals surface area (Å²) in [4.78, 5) is 11.9. The Balaban J connectivity index is 1.92. The van der Waals surface area contributed by atoms with Crippen LogP contribution in [-0.4, -0.2) is 12.5 Å². The van der Waals surface area contributed by atoms with E-state index in [9.17, 15) is 4.79 Å². The lowest BCUT2D eigenvalue weighted by molar-refractivity contribution is -0.118. The Kier molecular flexibility index (Phi) is 4.82. The highest BCUT2D eigenvalue weighted by Gasteiger charge is 2.06. The van der Waals surface area contributed by atoms with Gasteiger partial charge in [0.2, 0.25) is 0 Å². The molecule has 110 valence electrons. The van der Waals surface area contributed by atoms with Crippen molar-refractivity contribution in [2.24, 2.45) is 0 Å². The first-order valence-corrected chi connectivity index (χ1v) is 6.96. The largest absolute Gasteiger partial charge is 0.482 e. The van der Waals surface area contributed by atoms with Crippen molar-refractivity contribution in [3.05, 3.63) is 53.6 Å². The van der Waals surface area contributed by atoms with Gasteiger partial charge in [-0.05, 0) is 48.7 Å². The molecule has 4 heteroatoms. The Labute approximate surface area is 124 Å².